The minimum absolute atomic E-state index is 0.000934. The first-order valence-corrected chi connectivity index (χ1v) is 7.55. The van der Waals surface area contributed by atoms with E-state index in [0.29, 0.717) is 0 Å². The van der Waals surface area contributed by atoms with Crippen molar-refractivity contribution in [2.45, 2.75) is 4.90 Å². The Morgan fingerprint density at radius 1 is 1.05 bits per heavy atom. The van der Waals surface area contributed by atoms with Crippen molar-refractivity contribution < 1.29 is 4.79 Å². The first kappa shape index (κ1) is 13.7. The lowest BCUT2D eigenvalue weighted by molar-refractivity contribution is -0.110. The van der Waals surface area contributed by atoms with Crippen molar-refractivity contribution in [3.8, 4) is 0 Å². The topological polar surface area (TPSA) is 20.3 Å². The van der Waals surface area contributed by atoms with Crippen LogP contribution in [0, 0.1) is 0 Å². The number of anilines is 1. The van der Waals surface area contributed by atoms with Crippen LogP contribution < -0.4 is 4.90 Å². The molecule has 21 heavy (non-hydrogen) atoms. The van der Waals surface area contributed by atoms with Crippen molar-refractivity contribution in [3.05, 3.63) is 77.3 Å². The predicted molar refractivity (Wildman–Crippen MR) is 89.3 cm³/mol. The summed E-state index contributed by atoms with van der Waals surface area (Å²) in [5.41, 5.74) is 2.17. The number of thioether (sulfide) groups is 1. The van der Waals surface area contributed by atoms with Gasteiger partial charge in [-0.25, -0.2) is 0 Å². The van der Waals surface area contributed by atoms with Gasteiger partial charge in [-0.3, -0.25) is 4.79 Å². The molecule has 0 radical (unpaired) electrons. The molecule has 1 aliphatic rings. The summed E-state index contributed by atoms with van der Waals surface area (Å²) >= 11 is 1.63. The standard InChI is InChI=1S/C18H15NOS/c1-19-16-9-5-6-10-17(16)21-18(19)13-15(20)12-11-14-7-3-2-4-8-14/h2-13H,1H3. The molecule has 2 aromatic carbocycles. The first-order chi connectivity index (χ1) is 10.2. The van der Waals surface area contributed by atoms with Gasteiger partial charge in [0.15, 0.2) is 5.78 Å². The first-order valence-electron chi connectivity index (χ1n) is 6.73. The van der Waals surface area contributed by atoms with Gasteiger partial charge < -0.3 is 4.90 Å². The molecule has 1 heterocycles. The van der Waals surface area contributed by atoms with Gasteiger partial charge in [-0.15, -0.1) is 0 Å². The van der Waals surface area contributed by atoms with E-state index in [1.165, 1.54) is 4.90 Å². The summed E-state index contributed by atoms with van der Waals surface area (Å²) in [5.74, 6) is 0.000934. The van der Waals surface area contributed by atoms with Crippen molar-refractivity contribution in [2.75, 3.05) is 11.9 Å². The van der Waals surface area contributed by atoms with Gasteiger partial charge >= 0.3 is 0 Å². The highest BCUT2D eigenvalue weighted by molar-refractivity contribution is 8.03. The molecule has 0 fully saturated rings. The molecule has 104 valence electrons. The summed E-state index contributed by atoms with van der Waals surface area (Å²) in [4.78, 5) is 15.3. The molecule has 0 aliphatic carbocycles. The van der Waals surface area contributed by atoms with Crippen LogP contribution in [0.3, 0.4) is 0 Å². The Bertz CT molecular complexity index is 719. The molecule has 3 rings (SSSR count). The van der Waals surface area contributed by atoms with Crippen LogP contribution in [0.15, 0.2) is 76.7 Å². The van der Waals surface area contributed by atoms with Crippen molar-refractivity contribution in [3.63, 3.8) is 0 Å². The number of carbonyl (C=O) groups is 1. The third kappa shape index (κ3) is 3.09. The van der Waals surface area contributed by atoms with Gasteiger partial charge in [-0.2, -0.15) is 0 Å². The summed E-state index contributed by atoms with van der Waals surface area (Å²) < 4.78 is 0. The van der Waals surface area contributed by atoms with Crippen LogP contribution in [0.4, 0.5) is 5.69 Å². The maximum Gasteiger partial charge on any atom is 0.181 e. The highest BCUT2D eigenvalue weighted by atomic mass is 32.2. The van der Waals surface area contributed by atoms with Crippen LogP contribution in [0.25, 0.3) is 6.08 Å². The Hall–Kier alpha value is -2.26. The number of carbonyl (C=O) groups excluding carboxylic acids is 1. The average molecular weight is 293 g/mol. The van der Waals surface area contributed by atoms with Gasteiger partial charge in [0, 0.05) is 18.0 Å². The molecule has 0 bridgehead atoms. The molecule has 0 saturated carbocycles. The lowest BCUT2D eigenvalue weighted by Gasteiger charge is -2.12. The van der Waals surface area contributed by atoms with E-state index in [-0.39, 0.29) is 5.78 Å². The fourth-order valence-electron chi connectivity index (χ4n) is 2.16. The number of nitrogens with zero attached hydrogens (tertiary/aromatic N) is 1. The van der Waals surface area contributed by atoms with E-state index < -0.39 is 0 Å². The molecule has 0 atom stereocenters. The van der Waals surface area contributed by atoms with Gasteiger partial charge in [0.2, 0.25) is 0 Å². The van der Waals surface area contributed by atoms with Crippen molar-refractivity contribution in [1.82, 2.24) is 0 Å². The Morgan fingerprint density at radius 2 is 1.76 bits per heavy atom. The third-order valence-electron chi connectivity index (χ3n) is 3.28. The van der Waals surface area contributed by atoms with E-state index in [4.69, 9.17) is 0 Å². The maximum absolute atomic E-state index is 12.1. The summed E-state index contributed by atoms with van der Waals surface area (Å²) in [7, 11) is 1.98. The summed E-state index contributed by atoms with van der Waals surface area (Å²) in [6, 6.07) is 18.0. The number of fused-ring (bicyclic) bond motifs is 1. The zero-order valence-electron chi connectivity index (χ0n) is 11.7. The van der Waals surface area contributed by atoms with Gasteiger partial charge in [-0.1, -0.05) is 60.3 Å². The lowest BCUT2D eigenvalue weighted by Crippen LogP contribution is -2.10. The number of hydrogen-bond donors (Lipinski definition) is 0. The second-order valence-corrected chi connectivity index (χ2v) is 5.82. The average Bonchev–Trinajstić information content (AvgIpc) is 2.83. The minimum atomic E-state index is 0.000934. The third-order valence-corrected chi connectivity index (χ3v) is 4.44. The molecule has 0 N–H and O–H groups in total. The van der Waals surface area contributed by atoms with Crippen LogP contribution >= 0.6 is 11.8 Å². The van der Waals surface area contributed by atoms with E-state index in [1.54, 1.807) is 23.9 Å². The largest absolute Gasteiger partial charge is 0.338 e. The van der Waals surface area contributed by atoms with Gasteiger partial charge in [0.05, 0.1) is 10.7 Å². The SMILES string of the molecule is CN1C(=CC(=O)C=Cc2ccccc2)Sc2ccccc21. The molecule has 3 heteroatoms. The van der Waals surface area contributed by atoms with E-state index in [9.17, 15) is 4.79 Å². The van der Waals surface area contributed by atoms with Crippen LogP contribution in [0.5, 0.6) is 0 Å². The second-order valence-electron chi connectivity index (χ2n) is 4.76. The van der Waals surface area contributed by atoms with E-state index in [2.05, 4.69) is 12.1 Å². The number of allylic oxidation sites excluding steroid dienone is 2. The molecule has 0 amide bonds. The quantitative estimate of drug-likeness (QED) is 0.785. The van der Waals surface area contributed by atoms with Crippen molar-refractivity contribution in [1.29, 1.82) is 0 Å². The molecule has 2 aromatic rings. The molecule has 0 aromatic heterocycles. The Balaban J connectivity index is 1.75. The molecule has 0 unspecified atom stereocenters. The summed E-state index contributed by atoms with van der Waals surface area (Å²) in [5, 5.41) is 0.957. The van der Waals surface area contributed by atoms with Crippen LogP contribution in [0.2, 0.25) is 0 Å². The normalized spacial score (nSPS) is 15.7. The minimum Gasteiger partial charge on any atom is -0.338 e. The molecule has 0 saturated heterocycles. The number of para-hydroxylation sites is 1. The second kappa shape index (κ2) is 6.02. The lowest BCUT2D eigenvalue weighted by atomic mass is 10.2. The van der Waals surface area contributed by atoms with Crippen LogP contribution in [-0.2, 0) is 4.79 Å². The fraction of sp³-hybridized carbons (Fsp3) is 0.0556. The van der Waals surface area contributed by atoms with E-state index in [1.807, 2.05) is 60.5 Å². The van der Waals surface area contributed by atoms with Crippen molar-refractivity contribution in [2.24, 2.45) is 0 Å². The zero-order chi connectivity index (χ0) is 14.7. The van der Waals surface area contributed by atoms with Crippen LogP contribution in [-0.4, -0.2) is 12.8 Å². The van der Waals surface area contributed by atoms with Gasteiger partial charge in [0.25, 0.3) is 0 Å². The Kier molecular flexibility index (Phi) is 3.93. The fourth-order valence-corrected chi connectivity index (χ4v) is 3.25. The molecular formula is C18H15NOS. The number of benzene rings is 2. The Morgan fingerprint density at radius 3 is 2.52 bits per heavy atom. The zero-order valence-corrected chi connectivity index (χ0v) is 12.5. The smallest absolute Gasteiger partial charge is 0.181 e. The number of hydrogen-bond acceptors (Lipinski definition) is 3. The Labute approximate surface area is 128 Å². The highest BCUT2D eigenvalue weighted by Crippen LogP contribution is 2.44. The predicted octanol–water partition coefficient (Wildman–Crippen LogP) is 4.35. The van der Waals surface area contributed by atoms with Gasteiger partial charge in [-0.05, 0) is 23.8 Å². The number of rotatable bonds is 3. The molecule has 0 spiro atoms. The van der Waals surface area contributed by atoms with Gasteiger partial charge in [0.1, 0.15) is 0 Å². The van der Waals surface area contributed by atoms with E-state index in [0.717, 1.165) is 16.3 Å². The van der Waals surface area contributed by atoms with E-state index >= 15 is 0 Å². The summed E-state index contributed by atoms with van der Waals surface area (Å²) in [6.45, 7) is 0. The highest BCUT2D eigenvalue weighted by Gasteiger charge is 2.21. The molecular weight excluding hydrogens is 278 g/mol. The van der Waals surface area contributed by atoms with Crippen LogP contribution in [0.1, 0.15) is 5.56 Å². The molecule has 2 nitrogen and oxygen atoms in total. The van der Waals surface area contributed by atoms with Crippen molar-refractivity contribution >= 4 is 29.3 Å². The maximum atomic E-state index is 12.1. The monoisotopic (exact) mass is 293 g/mol. The number of ketones is 1. The molecule has 1 aliphatic heterocycles. The summed E-state index contributed by atoms with van der Waals surface area (Å²) in [6.07, 6.45) is 5.13.